The fourth-order valence-electron chi connectivity index (χ4n) is 1.91. The van der Waals surface area contributed by atoms with Crippen LogP contribution in [0.25, 0.3) is 0 Å². The number of amides is 2. The standard InChI is InChI=1S/C12H16N2O4S/c1-12(18-5-10(15)16)7-14(8-12)11(17)13-4-9-2-3-19-6-9/h2-3,6H,4-5,7-8H2,1H3,(H,13,17)(H,15,16). The van der Waals surface area contributed by atoms with Crippen LogP contribution in [-0.2, 0) is 16.1 Å². The molecule has 0 aliphatic carbocycles. The van der Waals surface area contributed by atoms with Gasteiger partial charge in [0.15, 0.2) is 0 Å². The van der Waals surface area contributed by atoms with Gasteiger partial charge < -0.3 is 20.1 Å². The fraction of sp³-hybridized carbons (Fsp3) is 0.500. The fourth-order valence-corrected chi connectivity index (χ4v) is 2.58. The van der Waals surface area contributed by atoms with E-state index in [-0.39, 0.29) is 12.6 Å². The van der Waals surface area contributed by atoms with Gasteiger partial charge >= 0.3 is 12.0 Å². The summed E-state index contributed by atoms with van der Waals surface area (Å²) in [5, 5.41) is 15.3. The van der Waals surface area contributed by atoms with Crippen LogP contribution in [0.4, 0.5) is 4.79 Å². The van der Waals surface area contributed by atoms with Crippen LogP contribution < -0.4 is 5.32 Å². The third kappa shape index (κ3) is 3.68. The summed E-state index contributed by atoms with van der Waals surface area (Å²) in [6.07, 6.45) is 0. The number of aliphatic carboxylic acids is 1. The summed E-state index contributed by atoms with van der Waals surface area (Å²) >= 11 is 1.59. The number of hydrogen-bond acceptors (Lipinski definition) is 4. The number of carboxylic acids is 1. The molecule has 7 heteroatoms. The number of thiophene rings is 1. The first-order valence-corrected chi connectivity index (χ1v) is 6.82. The number of urea groups is 1. The van der Waals surface area contributed by atoms with Crippen molar-refractivity contribution in [2.75, 3.05) is 19.7 Å². The Hall–Kier alpha value is -1.60. The molecular formula is C12H16N2O4S. The van der Waals surface area contributed by atoms with E-state index in [9.17, 15) is 9.59 Å². The second kappa shape index (κ2) is 5.58. The number of carbonyl (C=O) groups excluding carboxylic acids is 1. The van der Waals surface area contributed by atoms with Gasteiger partial charge in [-0.2, -0.15) is 11.3 Å². The van der Waals surface area contributed by atoms with Crippen molar-refractivity contribution < 1.29 is 19.4 Å². The van der Waals surface area contributed by atoms with Gasteiger partial charge in [-0.25, -0.2) is 9.59 Å². The average molecular weight is 284 g/mol. The summed E-state index contributed by atoms with van der Waals surface area (Å²) in [5.74, 6) is -0.999. The molecule has 6 nitrogen and oxygen atoms in total. The van der Waals surface area contributed by atoms with Crippen LogP contribution in [0, 0.1) is 0 Å². The highest BCUT2D eigenvalue weighted by Crippen LogP contribution is 2.24. The molecule has 2 rings (SSSR count). The summed E-state index contributed by atoms with van der Waals surface area (Å²) in [4.78, 5) is 23.8. The minimum atomic E-state index is -0.999. The molecule has 0 saturated carbocycles. The summed E-state index contributed by atoms with van der Waals surface area (Å²) in [6.45, 7) is 2.80. The van der Waals surface area contributed by atoms with Gasteiger partial charge in [-0.15, -0.1) is 0 Å². The highest BCUT2D eigenvalue weighted by molar-refractivity contribution is 7.07. The molecule has 1 saturated heterocycles. The molecule has 1 aromatic rings. The van der Waals surface area contributed by atoms with Gasteiger partial charge in [-0.3, -0.25) is 0 Å². The Balaban J connectivity index is 1.70. The Morgan fingerprint density at radius 1 is 1.58 bits per heavy atom. The summed E-state index contributed by atoms with van der Waals surface area (Å²) in [7, 11) is 0. The molecule has 1 fully saturated rings. The zero-order valence-electron chi connectivity index (χ0n) is 10.6. The quantitative estimate of drug-likeness (QED) is 0.849. The Bertz CT molecular complexity index is 454. The number of carbonyl (C=O) groups is 2. The van der Waals surface area contributed by atoms with E-state index >= 15 is 0 Å². The van der Waals surface area contributed by atoms with Crippen molar-refractivity contribution >= 4 is 23.3 Å². The maximum atomic E-state index is 11.8. The highest BCUT2D eigenvalue weighted by atomic mass is 32.1. The summed E-state index contributed by atoms with van der Waals surface area (Å²) in [6, 6.07) is 1.81. The van der Waals surface area contributed by atoms with Crippen LogP contribution in [0.15, 0.2) is 16.8 Å². The van der Waals surface area contributed by atoms with Gasteiger partial charge in [0, 0.05) is 6.54 Å². The SMILES string of the molecule is CC1(OCC(=O)O)CN(C(=O)NCc2ccsc2)C1. The molecule has 0 bridgehead atoms. The van der Waals surface area contributed by atoms with Crippen molar-refractivity contribution in [2.45, 2.75) is 19.1 Å². The number of rotatable bonds is 5. The van der Waals surface area contributed by atoms with Crippen LogP contribution in [-0.4, -0.2) is 47.3 Å². The second-order valence-electron chi connectivity index (χ2n) is 4.78. The van der Waals surface area contributed by atoms with Crippen LogP contribution in [0.2, 0.25) is 0 Å². The zero-order valence-corrected chi connectivity index (χ0v) is 11.4. The van der Waals surface area contributed by atoms with Gasteiger partial charge in [0.2, 0.25) is 0 Å². The molecule has 104 valence electrons. The number of ether oxygens (including phenoxy) is 1. The lowest BCUT2D eigenvalue weighted by atomic mass is 9.97. The second-order valence-corrected chi connectivity index (χ2v) is 5.56. The van der Waals surface area contributed by atoms with Crippen molar-refractivity contribution in [1.82, 2.24) is 10.2 Å². The number of nitrogens with one attached hydrogen (secondary N) is 1. The van der Waals surface area contributed by atoms with Crippen molar-refractivity contribution in [3.05, 3.63) is 22.4 Å². The van der Waals surface area contributed by atoms with Crippen molar-refractivity contribution in [2.24, 2.45) is 0 Å². The van der Waals surface area contributed by atoms with Crippen molar-refractivity contribution in [1.29, 1.82) is 0 Å². The lowest BCUT2D eigenvalue weighted by Gasteiger charge is -2.46. The van der Waals surface area contributed by atoms with Gasteiger partial charge in [0.25, 0.3) is 0 Å². The topological polar surface area (TPSA) is 78.9 Å². The largest absolute Gasteiger partial charge is 0.480 e. The van der Waals surface area contributed by atoms with E-state index in [1.807, 2.05) is 16.8 Å². The molecule has 19 heavy (non-hydrogen) atoms. The first-order valence-electron chi connectivity index (χ1n) is 5.88. The first kappa shape index (κ1) is 13.8. The number of nitrogens with zero attached hydrogens (tertiary/aromatic N) is 1. The molecule has 2 heterocycles. The molecule has 0 unspecified atom stereocenters. The normalized spacial score (nSPS) is 16.8. The molecule has 1 aliphatic heterocycles. The van der Waals surface area contributed by atoms with Crippen LogP contribution in [0.1, 0.15) is 12.5 Å². The summed E-state index contributed by atoms with van der Waals surface area (Å²) < 4.78 is 5.24. The maximum absolute atomic E-state index is 11.8. The highest BCUT2D eigenvalue weighted by Gasteiger charge is 2.42. The first-order chi connectivity index (χ1) is 8.98. The Kier molecular flexibility index (Phi) is 4.06. The van der Waals surface area contributed by atoms with E-state index in [2.05, 4.69) is 5.32 Å². The van der Waals surface area contributed by atoms with E-state index in [1.165, 1.54) is 0 Å². The minimum absolute atomic E-state index is 0.150. The number of carboxylic acid groups (broad SMARTS) is 1. The van der Waals surface area contributed by atoms with E-state index in [4.69, 9.17) is 9.84 Å². The molecule has 1 aromatic heterocycles. The third-order valence-electron chi connectivity index (χ3n) is 2.91. The van der Waals surface area contributed by atoms with Crippen molar-refractivity contribution in [3.8, 4) is 0 Å². The Morgan fingerprint density at radius 2 is 2.32 bits per heavy atom. The van der Waals surface area contributed by atoms with Crippen LogP contribution in [0.5, 0.6) is 0 Å². The molecule has 0 spiro atoms. The lowest BCUT2D eigenvalue weighted by molar-refractivity contribution is -0.159. The monoisotopic (exact) mass is 284 g/mol. The van der Waals surface area contributed by atoms with Gasteiger partial charge in [0.05, 0.1) is 13.1 Å². The zero-order chi connectivity index (χ0) is 13.9. The van der Waals surface area contributed by atoms with E-state index < -0.39 is 11.6 Å². The van der Waals surface area contributed by atoms with Gasteiger partial charge in [-0.1, -0.05) is 0 Å². The lowest BCUT2D eigenvalue weighted by Crippen LogP contribution is -2.65. The average Bonchev–Trinajstić information content (AvgIpc) is 2.83. The Labute approximate surface area is 115 Å². The molecule has 0 radical (unpaired) electrons. The van der Waals surface area contributed by atoms with E-state index in [0.717, 1.165) is 5.56 Å². The Morgan fingerprint density at radius 3 is 2.89 bits per heavy atom. The van der Waals surface area contributed by atoms with Crippen molar-refractivity contribution in [3.63, 3.8) is 0 Å². The van der Waals surface area contributed by atoms with E-state index in [1.54, 1.807) is 23.2 Å². The predicted octanol–water partition coefficient (Wildman–Crippen LogP) is 1.13. The number of hydrogen-bond donors (Lipinski definition) is 2. The van der Waals surface area contributed by atoms with Gasteiger partial charge in [-0.05, 0) is 29.3 Å². The van der Waals surface area contributed by atoms with Crippen LogP contribution in [0.3, 0.4) is 0 Å². The third-order valence-corrected chi connectivity index (χ3v) is 3.64. The number of likely N-dealkylation sites (tertiary alicyclic amines) is 1. The molecule has 1 aliphatic rings. The molecule has 2 N–H and O–H groups in total. The van der Waals surface area contributed by atoms with E-state index in [0.29, 0.717) is 19.6 Å². The maximum Gasteiger partial charge on any atom is 0.329 e. The minimum Gasteiger partial charge on any atom is -0.480 e. The molecular weight excluding hydrogens is 268 g/mol. The smallest absolute Gasteiger partial charge is 0.329 e. The predicted molar refractivity (Wildman–Crippen MR) is 70.1 cm³/mol. The summed E-state index contributed by atoms with van der Waals surface area (Å²) in [5.41, 5.74) is 0.529. The molecule has 0 atom stereocenters. The molecule has 2 amide bonds. The van der Waals surface area contributed by atoms with Crippen LogP contribution >= 0.6 is 11.3 Å². The molecule has 0 aromatic carbocycles. The van der Waals surface area contributed by atoms with Gasteiger partial charge in [0.1, 0.15) is 12.2 Å².